The van der Waals surface area contributed by atoms with E-state index >= 15 is 0 Å². The van der Waals surface area contributed by atoms with Crippen molar-refractivity contribution in [3.8, 4) is 0 Å². The van der Waals surface area contributed by atoms with E-state index < -0.39 is 0 Å². The summed E-state index contributed by atoms with van der Waals surface area (Å²) in [5, 5.41) is 1.19. The monoisotopic (exact) mass is 246 g/mol. The molecule has 0 bridgehead atoms. The van der Waals surface area contributed by atoms with E-state index in [1.807, 2.05) is 43.3 Å². The van der Waals surface area contributed by atoms with Crippen LogP contribution >= 0.6 is 0 Å². The highest BCUT2D eigenvalue weighted by atomic mass is 16.5. The second-order valence-electron chi connectivity index (χ2n) is 3.81. The molecule has 0 N–H and O–H groups in total. The molecule has 0 spiro atoms. The van der Waals surface area contributed by atoms with Crippen LogP contribution in [0.5, 0.6) is 0 Å². The standard InChI is InChI=1S/C11H12N2.C3H6O2/c1-13(2)11-8-7-9-5-3-4-6-10(9)12-11;1-2-5-3-4/h3-8H,1-2H3;3H,2H2,1H3. The average molecular weight is 246 g/mol. The lowest BCUT2D eigenvalue weighted by Crippen LogP contribution is -2.10. The second-order valence-corrected chi connectivity index (χ2v) is 3.81. The molecule has 0 atom stereocenters. The highest BCUT2D eigenvalue weighted by Crippen LogP contribution is 2.15. The van der Waals surface area contributed by atoms with Crippen molar-refractivity contribution in [2.24, 2.45) is 0 Å². The summed E-state index contributed by atoms with van der Waals surface area (Å²) in [4.78, 5) is 15.7. The number of hydrogen-bond acceptors (Lipinski definition) is 4. The fourth-order valence-corrected chi connectivity index (χ4v) is 1.37. The first kappa shape index (κ1) is 14.0. The largest absolute Gasteiger partial charge is 0.468 e. The number of rotatable bonds is 3. The summed E-state index contributed by atoms with van der Waals surface area (Å²) in [6, 6.07) is 12.3. The van der Waals surface area contributed by atoms with Crippen molar-refractivity contribution in [3.63, 3.8) is 0 Å². The predicted octanol–water partition coefficient (Wildman–Crippen LogP) is 2.48. The van der Waals surface area contributed by atoms with Gasteiger partial charge in [0.15, 0.2) is 0 Å². The maximum Gasteiger partial charge on any atom is 0.293 e. The van der Waals surface area contributed by atoms with Gasteiger partial charge >= 0.3 is 0 Å². The van der Waals surface area contributed by atoms with E-state index in [1.54, 1.807) is 6.92 Å². The van der Waals surface area contributed by atoms with E-state index in [0.717, 1.165) is 11.3 Å². The van der Waals surface area contributed by atoms with Crippen LogP contribution in [0.15, 0.2) is 36.4 Å². The van der Waals surface area contributed by atoms with Gasteiger partial charge in [-0.05, 0) is 25.1 Å². The molecule has 2 rings (SSSR count). The first-order valence-electron chi connectivity index (χ1n) is 5.77. The Kier molecular flexibility index (Phi) is 5.64. The Balaban J connectivity index is 0.000000280. The maximum atomic E-state index is 9.18. The summed E-state index contributed by atoms with van der Waals surface area (Å²) in [5.74, 6) is 0.999. The normalized spacial score (nSPS) is 9.28. The van der Waals surface area contributed by atoms with Crippen molar-refractivity contribution in [1.82, 2.24) is 4.98 Å². The molecular weight excluding hydrogens is 228 g/mol. The number of carbonyl (C=O) groups excluding carboxylic acids is 1. The van der Waals surface area contributed by atoms with Crippen molar-refractivity contribution in [1.29, 1.82) is 0 Å². The molecule has 0 saturated carbocycles. The van der Waals surface area contributed by atoms with E-state index in [2.05, 4.69) is 21.9 Å². The minimum absolute atomic E-state index is 0.431. The predicted molar refractivity (Wildman–Crippen MR) is 73.8 cm³/mol. The molecular formula is C14H18N2O2. The molecule has 1 aromatic carbocycles. The van der Waals surface area contributed by atoms with Crippen LogP contribution in [0, 0.1) is 0 Å². The molecule has 1 aromatic heterocycles. The van der Waals surface area contributed by atoms with Gasteiger partial charge in [0.1, 0.15) is 5.82 Å². The summed E-state index contributed by atoms with van der Waals surface area (Å²) >= 11 is 0. The van der Waals surface area contributed by atoms with E-state index in [1.165, 1.54) is 5.39 Å². The number of nitrogens with zero attached hydrogens (tertiary/aromatic N) is 2. The van der Waals surface area contributed by atoms with Crippen LogP contribution in [0.4, 0.5) is 5.82 Å². The number of anilines is 1. The Bertz CT molecular complexity index is 498. The zero-order valence-electron chi connectivity index (χ0n) is 11.0. The lowest BCUT2D eigenvalue weighted by molar-refractivity contribution is -0.128. The topological polar surface area (TPSA) is 42.4 Å². The Labute approximate surface area is 107 Å². The number of para-hydroxylation sites is 1. The van der Waals surface area contributed by atoms with E-state index in [0.29, 0.717) is 13.1 Å². The Hall–Kier alpha value is -2.10. The van der Waals surface area contributed by atoms with Crippen molar-refractivity contribution in [2.45, 2.75) is 6.92 Å². The number of ether oxygens (including phenoxy) is 1. The van der Waals surface area contributed by atoms with E-state index in [9.17, 15) is 4.79 Å². The van der Waals surface area contributed by atoms with Crippen molar-refractivity contribution < 1.29 is 9.53 Å². The van der Waals surface area contributed by atoms with Crippen molar-refractivity contribution in [3.05, 3.63) is 36.4 Å². The van der Waals surface area contributed by atoms with Gasteiger partial charge in [0, 0.05) is 19.5 Å². The van der Waals surface area contributed by atoms with Gasteiger partial charge in [-0.25, -0.2) is 4.98 Å². The maximum absolute atomic E-state index is 9.18. The van der Waals surface area contributed by atoms with Gasteiger partial charge in [-0.1, -0.05) is 18.2 Å². The van der Waals surface area contributed by atoms with Crippen LogP contribution in [0.25, 0.3) is 10.9 Å². The van der Waals surface area contributed by atoms with Crippen LogP contribution in [0.1, 0.15) is 6.92 Å². The third-order valence-corrected chi connectivity index (χ3v) is 2.28. The minimum Gasteiger partial charge on any atom is -0.468 e. The van der Waals surface area contributed by atoms with Gasteiger partial charge in [0.25, 0.3) is 6.47 Å². The molecule has 4 nitrogen and oxygen atoms in total. The molecule has 0 amide bonds. The Morgan fingerprint density at radius 2 is 1.94 bits per heavy atom. The minimum atomic E-state index is 0.431. The van der Waals surface area contributed by atoms with Crippen LogP contribution in [-0.4, -0.2) is 32.2 Å². The number of carbonyl (C=O) groups is 1. The van der Waals surface area contributed by atoms with Gasteiger partial charge in [0.05, 0.1) is 12.1 Å². The summed E-state index contributed by atoms with van der Waals surface area (Å²) in [5.41, 5.74) is 1.05. The molecule has 0 saturated heterocycles. The number of benzene rings is 1. The molecule has 2 aromatic rings. The number of fused-ring (bicyclic) bond motifs is 1. The Morgan fingerprint density at radius 1 is 1.22 bits per heavy atom. The smallest absolute Gasteiger partial charge is 0.293 e. The molecule has 18 heavy (non-hydrogen) atoms. The highest BCUT2D eigenvalue weighted by molar-refractivity contribution is 5.80. The van der Waals surface area contributed by atoms with Gasteiger partial charge in [-0.3, -0.25) is 4.79 Å². The van der Waals surface area contributed by atoms with Gasteiger partial charge in [-0.15, -0.1) is 0 Å². The fraction of sp³-hybridized carbons (Fsp3) is 0.286. The van der Waals surface area contributed by atoms with Gasteiger partial charge in [0.2, 0.25) is 0 Å². The molecule has 0 aliphatic carbocycles. The molecule has 4 heteroatoms. The lowest BCUT2D eigenvalue weighted by atomic mass is 10.2. The van der Waals surface area contributed by atoms with Crippen LogP contribution in [-0.2, 0) is 9.53 Å². The van der Waals surface area contributed by atoms with Crippen molar-refractivity contribution in [2.75, 3.05) is 25.6 Å². The lowest BCUT2D eigenvalue weighted by Gasteiger charge is -2.11. The van der Waals surface area contributed by atoms with E-state index in [4.69, 9.17) is 0 Å². The van der Waals surface area contributed by atoms with Crippen LogP contribution in [0.3, 0.4) is 0 Å². The SMILES string of the molecule is CCOC=O.CN(C)c1ccc2ccccc2n1. The molecule has 0 aliphatic rings. The van der Waals surface area contributed by atoms with Crippen LogP contribution < -0.4 is 4.90 Å². The molecule has 0 radical (unpaired) electrons. The zero-order valence-corrected chi connectivity index (χ0v) is 11.0. The third kappa shape index (κ3) is 4.05. The van der Waals surface area contributed by atoms with Crippen molar-refractivity contribution >= 4 is 23.2 Å². The Morgan fingerprint density at radius 3 is 2.50 bits per heavy atom. The van der Waals surface area contributed by atoms with Gasteiger partial charge < -0.3 is 9.64 Å². The van der Waals surface area contributed by atoms with E-state index in [-0.39, 0.29) is 0 Å². The second kappa shape index (κ2) is 7.27. The third-order valence-electron chi connectivity index (χ3n) is 2.28. The van der Waals surface area contributed by atoms with Crippen LogP contribution in [0.2, 0.25) is 0 Å². The number of aromatic nitrogens is 1. The summed E-state index contributed by atoms with van der Waals surface area (Å²) in [6.07, 6.45) is 0. The molecule has 0 fully saturated rings. The quantitative estimate of drug-likeness (QED) is 0.780. The summed E-state index contributed by atoms with van der Waals surface area (Å²) < 4.78 is 4.15. The average Bonchev–Trinajstić information content (AvgIpc) is 2.40. The summed E-state index contributed by atoms with van der Waals surface area (Å²) in [6.45, 7) is 2.66. The summed E-state index contributed by atoms with van der Waals surface area (Å²) in [7, 11) is 3.99. The molecule has 0 unspecified atom stereocenters. The number of hydrogen-bond donors (Lipinski definition) is 0. The first-order chi connectivity index (χ1) is 8.69. The highest BCUT2D eigenvalue weighted by Gasteiger charge is 1.97. The molecule has 1 heterocycles. The molecule has 0 aliphatic heterocycles. The van der Waals surface area contributed by atoms with Gasteiger partial charge in [-0.2, -0.15) is 0 Å². The fourth-order valence-electron chi connectivity index (χ4n) is 1.37. The number of pyridine rings is 1. The zero-order chi connectivity index (χ0) is 13.4. The first-order valence-corrected chi connectivity index (χ1v) is 5.77. The molecule has 96 valence electrons.